The molecule has 1 N–H and O–H groups in total. The van der Waals surface area contributed by atoms with Crippen molar-refractivity contribution >= 4 is 5.69 Å². The lowest BCUT2D eigenvalue weighted by Crippen LogP contribution is -2.13. The summed E-state index contributed by atoms with van der Waals surface area (Å²) in [6, 6.07) is 8.70. The Kier molecular flexibility index (Phi) is 5.62. The molecule has 21 heavy (non-hydrogen) atoms. The molecule has 0 saturated heterocycles. The minimum atomic E-state index is 0.312. The van der Waals surface area contributed by atoms with Crippen molar-refractivity contribution in [3.63, 3.8) is 0 Å². The van der Waals surface area contributed by atoms with Crippen LogP contribution < -0.4 is 5.32 Å². The predicted octanol–water partition coefficient (Wildman–Crippen LogP) is 5.64. The Morgan fingerprint density at radius 3 is 2.76 bits per heavy atom. The maximum absolute atomic E-state index is 4.21. The summed E-state index contributed by atoms with van der Waals surface area (Å²) in [4.78, 5) is 0. The van der Waals surface area contributed by atoms with Crippen molar-refractivity contribution in [2.24, 2.45) is 5.92 Å². The van der Waals surface area contributed by atoms with Crippen LogP contribution in [0.3, 0.4) is 0 Å². The van der Waals surface area contributed by atoms with Crippen LogP contribution in [0.5, 0.6) is 0 Å². The summed E-state index contributed by atoms with van der Waals surface area (Å²) >= 11 is 0. The van der Waals surface area contributed by atoms with Crippen molar-refractivity contribution in [3.8, 4) is 0 Å². The van der Waals surface area contributed by atoms with E-state index in [0.717, 1.165) is 24.2 Å². The Morgan fingerprint density at radius 1 is 1.33 bits per heavy atom. The van der Waals surface area contributed by atoms with Crippen LogP contribution in [0.1, 0.15) is 31.7 Å². The quantitative estimate of drug-likeness (QED) is 0.680. The summed E-state index contributed by atoms with van der Waals surface area (Å²) < 4.78 is 0. The Bertz CT molecular complexity index is 546. The van der Waals surface area contributed by atoms with Gasteiger partial charge in [0.25, 0.3) is 0 Å². The molecule has 0 heterocycles. The van der Waals surface area contributed by atoms with E-state index < -0.39 is 0 Å². The summed E-state index contributed by atoms with van der Waals surface area (Å²) in [6.45, 7) is 10.3. The van der Waals surface area contributed by atoms with Crippen molar-refractivity contribution in [2.45, 2.75) is 32.6 Å². The van der Waals surface area contributed by atoms with Crippen LogP contribution >= 0.6 is 0 Å². The molecule has 1 aromatic rings. The third-order valence-corrected chi connectivity index (χ3v) is 3.93. The van der Waals surface area contributed by atoms with Gasteiger partial charge in [0.05, 0.1) is 0 Å². The maximum Gasteiger partial charge on any atom is 0.0382 e. The smallest absolute Gasteiger partial charge is 0.0382 e. The largest absolute Gasteiger partial charge is 0.359 e. The van der Waals surface area contributed by atoms with Gasteiger partial charge in [0.1, 0.15) is 0 Å². The first-order valence-corrected chi connectivity index (χ1v) is 7.78. The van der Waals surface area contributed by atoms with Gasteiger partial charge in [-0.25, -0.2) is 0 Å². The molecule has 0 aliphatic heterocycles. The lowest BCUT2D eigenvalue weighted by molar-refractivity contribution is 0.742. The van der Waals surface area contributed by atoms with E-state index in [2.05, 4.69) is 67.9 Å². The van der Waals surface area contributed by atoms with E-state index in [1.54, 1.807) is 0 Å². The molecule has 1 nitrogen and oxygen atoms in total. The van der Waals surface area contributed by atoms with Crippen LogP contribution in [0.2, 0.25) is 0 Å². The molecule has 0 amide bonds. The Morgan fingerprint density at radius 2 is 2.10 bits per heavy atom. The summed E-state index contributed by atoms with van der Waals surface area (Å²) in [5, 5.41) is 3.44. The van der Waals surface area contributed by atoms with Crippen LogP contribution in [0.15, 0.2) is 73.0 Å². The number of allylic oxidation sites excluding steroid dienone is 5. The highest BCUT2D eigenvalue weighted by Crippen LogP contribution is 2.28. The molecular weight excluding hydrogens is 254 g/mol. The Balaban J connectivity index is 1.98. The molecule has 0 saturated carbocycles. The number of benzene rings is 1. The average Bonchev–Trinajstić information content (AvgIpc) is 2.54. The van der Waals surface area contributed by atoms with E-state index in [4.69, 9.17) is 0 Å². The molecule has 0 aromatic heterocycles. The highest BCUT2D eigenvalue weighted by Gasteiger charge is 2.16. The molecule has 1 heteroatoms. The standard InChI is InChI=1S/C20H25N/c1-4-6-9-17-12-14-19(15-13-17)21-16(3)20-11-8-7-10-18(20)5-2/h5,7-8,10,12-15,20-21H,2-4,6,9,11H2,1H3. The van der Waals surface area contributed by atoms with Gasteiger partial charge in [-0.1, -0.05) is 62.9 Å². The average molecular weight is 279 g/mol. The lowest BCUT2D eigenvalue weighted by atomic mass is 9.89. The predicted molar refractivity (Wildman–Crippen MR) is 93.3 cm³/mol. The van der Waals surface area contributed by atoms with Gasteiger partial charge in [-0.3, -0.25) is 0 Å². The van der Waals surface area contributed by atoms with Gasteiger partial charge in [-0.05, 0) is 42.5 Å². The van der Waals surface area contributed by atoms with E-state index in [-0.39, 0.29) is 0 Å². The molecule has 110 valence electrons. The molecule has 0 fully saturated rings. The number of rotatable bonds is 7. The zero-order valence-electron chi connectivity index (χ0n) is 12.9. The normalized spacial score (nSPS) is 17.2. The summed E-state index contributed by atoms with van der Waals surface area (Å²) in [7, 11) is 0. The van der Waals surface area contributed by atoms with Gasteiger partial charge in [-0.15, -0.1) is 0 Å². The number of hydrogen-bond acceptors (Lipinski definition) is 1. The molecule has 1 aliphatic carbocycles. The molecule has 1 atom stereocenters. The Hall–Kier alpha value is -2.02. The fourth-order valence-electron chi connectivity index (χ4n) is 2.61. The van der Waals surface area contributed by atoms with Crippen molar-refractivity contribution in [1.82, 2.24) is 0 Å². The second-order valence-corrected chi connectivity index (χ2v) is 5.54. The first kappa shape index (κ1) is 15.4. The monoisotopic (exact) mass is 279 g/mol. The van der Waals surface area contributed by atoms with Crippen molar-refractivity contribution < 1.29 is 0 Å². The molecule has 1 aliphatic rings. The van der Waals surface area contributed by atoms with Gasteiger partial charge in [0.2, 0.25) is 0 Å². The minimum absolute atomic E-state index is 0.312. The summed E-state index contributed by atoms with van der Waals surface area (Å²) in [5.41, 5.74) is 4.78. The molecule has 0 radical (unpaired) electrons. The topological polar surface area (TPSA) is 12.0 Å². The van der Waals surface area contributed by atoms with Gasteiger partial charge in [-0.2, -0.15) is 0 Å². The van der Waals surface area contributed by atoms with Crippen LogP contribution in [-0.2, 0) is 6.42 Å². The van der Waals surface area contributed by atoms with E-state index >= 15 is 0 Å². The van der Waals surface area contributed by atoms with E-state index in [1.807, 2.05) is 6.08 Å². The number of anilines is 1. The fourth-order valence-corrected chi connectivity index (χ4v) is 2.61. The van der Waals surface area contributed by atoms with Gasteiger partial charge in [0, 0.05) is 17.3 Å². The number of aryl methyl sites for hydroxylation is 1. The van der Waals surface area contributed by atoms with Crippen LogP contribution in [-0.4, -0.2) is 0 Å². The second-order valence-electron chi connectivity index (χ2n) is 5.54. The number of hydrogen-bond donors (Lipinski definition) is 1. The zero-order chi connectivity index (χ0) is 15.1. The fraction of sp³-hybridized carbons (Fsp3) is 0.300. The van der Waals surface area contributed by atoms with Crippen LogP contribution in [0.4, 0.5) is 5.69 Å². The van der Waals surface area contributed by atoms with Crippen LogP contribution in [0.25, 0.3) is 0 Å². The second kappa shape index (κ2) is 7.68. The van der Waals surface area contributed by atoms with Crippen LogP contribution in [0, 0.1) is 5.92 Å². The SMILES string of the molecule is C=CC1=CC=CCC1C(=C)Nc1ccc(CCCC)cc1. The molecule has 1 aromatic carbocycles. The minimum Gasteiger partial charge on any atom is -0.359 e. The van der Waals surface area contributed by atoms with Crippen molar-refractivity contribution in [1.29, 1.82) is 0 Å². The molecule has 2 rings (SSSR count). The maximum atomic E-state index is 4.21. The highest BCUT2D eigenvalue weighted by atomic mass is 14.9. The van der Waals surface area contributed by atoms with Crippen molar-refractivity contribution in [2.75, 3.05) is 5.32 Å². The van der Waals surface area contributed by atoms with E-state index in [9.17, 15) is 0 Å². The third-order valence-electron chi connectivity index (χ3n) is 3.93. The lowest BCUT2D eigenvalue weighted by Gasteiger charge is -2.23. The van der Waals surface area contributed by atoms with Gasteiger partial charge < -0.3 is 5.32 Å². The summed E-state index contributed by atoms with van der Waals surface area (Å²) in [5.74, 6) is 0.312. The Labute approximate surface area is 128 Å². The van der Waals surface area contributed by atoms with Gasteiger partial charge >= 0.3 is 0 Å². The van der Waals surface area contributed by atoms with E-state index in [0.29, 0.717) is 5.92 Å². The summed E-state index contributed by atoms with van der Waals surface area (Å²) in [6.07, 6.45) is 12.9. The number of nitrogens with one attached hydrogen (secondary N) is 1. The zero-order valence-corrected chi connectivity index (χ0v) is 12.9. The van der Waals surface area contributed by atoms with Gasteiger partial charge in [0.15, 0.2) is 0 Å². The molecule has 0 spiro atoms. The molecule has 1 unspecified atom stereocenters. The highest BCUT2D eigenvalue weighted by molar-refractivity contribution is 5.51. The first-order chi connectivity index (χ1) is 10.2. The number of unbranched alkanes of at least 4 members (excludes halogenated alkanes) is 1. The molecular formula is C20H25N. The first-order valence-electron chi connectivity index (χ1n) is 7.78. The van der Waals surface area contributed by atoms with E-state index in [1.165, 1.54) is 24.0 Å². The van der Waals surface area contributed by atoms with Crippen molar-refractivity contribution in [3.05, 3.63) is 78.6 Å². The molecule has 0 bridgehead atoms. The third kappa shape index (κ3) is 4.22.